The molecule has 1 aromatic rings. The van der Waals surface area contributed by atoms with Crippen molar-refractivity contribution >= 4 is 0 Å². The molecule has 0 spiro atoms. The van der Waals surface area contributed by atoms with E-state index in [-0.39, 0.29) is 0 Å². The monoisotopic (exact) mass is 330 g/mol. The van der Waals surface area contributed by atoms with E-state index in [1.165, 1.54) is 51.0 Å². The van der Waals surface area contributed by atoms with Crippen molar-refractivity contribution in [1.82, 2.24) is 9.80 Å². The Balaban J connectivity index is 1.46. The fourth-order valence-corrected chi connectivity index (χ4v) is 4.57. The molecule has 3 rings (SSSR count). The van der Waals surface area contributed by atoms with E-state index in [4.69, 9.17) is 4.74 Å². The van der Waals surface area contributed by atoms with Crippen LogP contribution in [0, 0.1) is 11.8 Å². The van der Waals surface area contributed by atoms with Crippen molar-refractivity contribution in [3.05, 3.63) is 29.8 Å². The van der Waals surface area contributed by atoms with Crippen LogP contribution in [0.25, 0.3) is 0 Å². The van der Waals surface area contributed by atoms with Gasteiger partial charge in [0.25, 0.3) is 0 Å². The number of ether oxygens (including phenoxy) is 1. The first-order chi connectivity index (χ1) is 11.6. The quantitative estimate of drug-likeness (QED) is 0.811. The predicted octanol–water partition coefficient (Wildman–Crippen LogP) is 4.03. The van der Waals surface area contributed by atoms with Crippen LogP contribution in [-0.4, -0.2) is 48.6 Å². The van der Waals surface area contributed by atoms with Gasteiger partial charge in [0, 0.05) is 25.7 Å². The minimum atomic E-state index is 0.737. The van der Waals surface area contributed by atoms with Crippen LogP contribution < -0.4 is 4.74 Å². The molecule has 2 saturated heterocycles. The summed E-state index contributed by atoms with van der Waals surface area (Å²) in [5.41, 5.74) is 1.40. The summed E-state index contributed by atoms with van der Waals surface area (Å²) in [6, 6.07) is 9.44. The molecule has 2 heterocycles. The molecule has 1 aromatic carbocycles. The molecule has 0 aromatic heterocycles. The molecule has 3 heteroatoms. The first-order valence-corrected chi connectivity index (χ1v) is 9.82. The van der Waals surface area contributed by atoms with Gasteiger partial charge < -0.3 is 4.74 Å². The number of hydrogen-bond acceptors (Lipinski definition) is 3. The maximum absolute atomic E-state index is 5.53. The van der Waals surface area contributed by atoms with E-state index < -0.39 is 0 Å². The minimum Gasteiger partial charge on any atom is -0.494 e. The molecule has 0 saturated carbocycles. The van der Waals surface area contributed by atoms with Gasteiger partial charge in [-0.25, -0.2) is 0 Å². The van der Waals surface area contributed by atoms with Crippen LogP contribution in [0.1, 0.15) is 45.6 Å². The predicted molar refractivity (Wildman–Crippen MR) is 100 cm³/mol. The average Bonchev–Trinajstić information content (AvgIpc) is 2.57. The second-order valence-corrected chi connectivity index (χ2v) is 7.98. The second-order valence-electron chi connectivity index (χ2n) is 7.98. The summed E-state index contributed by atoms with van der Waals surface area (Å²) in [6.45, 7) is 13.8. The maximum Gasteiger partial charge on any atom is 0.119 e. The molecular weight excluding hydrogens is 296 g/mol. The average molecular weight is 331 g/mol. The van der Waals surface area contributed by atoms with Crippen molar-refractivity contribution in [3.8, 4) is 5.75 Å². The molecule has 2 aliphatic heterocycles. The Morgan fingerprint density at radius 2 is 1.62 bits per heavy atom. The third kappa shape index (κ3) is 4.73. The van der Waals surface area contributed by atoms with Gasteiger partial charge in [-0.05, 0) is 68.8 Å². The SMILES string of the molecule is CCOc1ccc(CN2CCC(N3C[C@H](C)C[C@H](C)C3)CC2)cc1. The summed E-state index contributed by atoms with van der Waals surface area (Å²) in [4.78, 5) is 5.40. The van der Waals surface area contributed by atoms with Crippen molar-refractivity contribution in [2.24, 2.45) is 11.8 Å². The zero-order chi connectivity index (χ0) is 16.9. The summed E-state index contributed by atoms with van der Waals surface area (Å²) in [7, 11) is 0. The summed E-state index contributed by atoms with van der Waals surface area (Å²) in [5, 5.41) is 0. The highest BCUT2D eigenvalue weighted by atomic mass is 16.5. The van der Waals surface area contributed by atoms with Crippen molar-refractivity contribution in [1.29, 1.82) is 0 Å². The Hall–Kier alpha value is -1.06. The Labute approximate surface area is 148 Å². The van der Waals surface area contributed by atoms with Crippen molar-refractivity contribution in [2.75, 3.05) is 32.8 Å². The van der Waals surface area contributed by atoms with Gasteiger partial charge in [-0.1, -0.05) is 26.0 Å². The van der Waals surface area contributed by atoms with Gasteiger partial charge in [-0.2, -0.15) is 0 Å². The molecule has 0 amide bonds. The van der Waals surface area contributed by atoms with Gasteiger partial charge in [0.1, 0.15) is 5.75 Å². The molecule has 2 aliphatic rings. The van der Waals surface area contributed by atoms with Gasteiger partial charge in [0.05, 0.1) is 6.61 Å². The summed E-state index contributed by atoms with van der Waals surface area (Å²) >= 11 is 0. The lowest BCUT2D eigenvalue weighted by Gasteiger charge is -2.43. The van der Waals surface area contributed by atoms with Crippen LogP contribution in [0.5, 0.6) is 5.75 Å². The molecule has 2 atom stereocenters. The number of nitrogens with zero attached hydrogens (tertiary/aromatic N) is 2. The van der Waals surface area contributed by atoms with Gasteiger partial charge in [0.2, 0.25) is 0 Å². The fourth-order valence-electron chi connectivity index (χ4n) is 4.57. The Morgan fingerprint density at radius 3 is 2.21 bits per heavy atom. The highest BCUT2D eigenvalue weighted by Crippen LogP contribution is 2.27. The van der Waals surface area contributed by atoms with Gasteiger partial charge in [-0.15, -0.1) is 0 Å². The van der Waals surface area contributed by atoms with E-state index in [0.717, 1.165) is 36.8 Å². The number of rotatable bonds is 5. The highest BCUT2D eigenvalue weighted by Gasteiger charge is 2.29. The summed E-state index contributed by atoms with van der Waals surface area (Å²) in [5.74, 6) is 2.72. The van der Waals surface area contributed by atoms with Crippen molar-refractivity contribution in [2.45, 2.75) is 52.6 Å². The maximum atomic E-state index is 5.53. The number of likely N-dealkylation sites (tertiary alicyclic amines) is 2. The molecule has 3 nitrogen and oxygen atoms in total. The molecule has 24 heavy (non-hydrogen) atoms. The van der Waals surface area contributed by atoms with E-state index in [9.17, 15) is 0 Å². The highest BCUT2D eigenvalue weighted by molar-refractivity contribution is 5.27. The van der Waals surface area contributed by atoms with Gasteiger partial charge in [0.15, 0.2) is 0 Å². The largest absolute Gasteiger partial charge is 0.494 e. The van der Waals surface area contributed by atoms with E-state index in [1.807, 2.05) is 6.92 Å². The summed E-state index contributed by atoms with van der Waals surface area (Å²) < 4.78 is 5.53. The standard InChI is InChI=1S/C21H34N2O/c1-4-24-21-7-5-19(6-8-21)16-22-11-9-20(10-12-22)23-14-17(2)13-18(3)15-23/h5-8,17-18,20H,4,9-16H2,1-3H3/t17-,18+. The smallest absolute Gasteiger partial charge is 0.119 e. The number of benzene rings is 1. The van der Waals surface area contributed by atoms with Crippen molar-refractivity contribution < 1.29 is 4.74 Å². The molecule has 0 radical (unpaired) electrons. The molecule has 134 valence electrons. The van der Waals surface area contributed by atoms with E-state index in [2.05, 4.69) is 47.9 Å². The van der Waals surface area contributed by atoms with Crippen LogP contribution in [0.3, 0.4) is 0 Å². The van der Waals surface area contributed by atoms with Crippen LogP contribution in [-0.2, 0) is 6.54 Å². The lowest BCUT2D eigenvalue weighted by atomic mass is 9.89. The molecule has 2 fully saturated rings. The molecular formula is C21H34N2O. The molecule has 0 bridgehead atoms. The van der Waals surface area contributed by atoms with Crippen LogP contribution in [0.15, 0.2) is 24.3 Å². The zero-order valence-electron chi connectivity index (χ0n) is 15.7. The van der Waals surface area contributed by atoms with Crippen LogP contribution in [0.2, 0.25) is 0 Å². The molecule has 0 unspecified atom stereocenters. The lowest BCUT2D eigenvalue weighted by molar-refractivity contribution is 0.0530. The van der Waals surface area contributed by atoms with E-state index in [0.29, 0.717) is 0 Å². The fraction of sp³-hybridized carbons (Fsp3) is 0.714. The summed E-state index contributed by atoms with van der Waals surface area (Å²) in [6.07, 6.45) is 4.07. The van der Waals surface area contributed by atoms with E-state index >= 15 is 0 Å². The zero-order valence-corrected chi connectivity index (χ0v) is 15.7. The Morgan fingerprint density at radius 1 is 1.00 bits per heavy atom. The van der Waals surface area contributed by atoms with E-state index in [1.54, 1.807) is 0 Å². The molecule has 0 aliphatic carbocycles. The van der Waals surface area contributed by atoms with Gasteiger partial charge in [-0.3, -0.25) is 9.80 Å². The van der Waals surface area contributed by atoms with Crippen LogP contribution in [0.4, 0.5) is 0 Å². The first-order valence-electron chi connectivity index (χ1n) is 9.82. The number of hydrogen-bond donors (Lipinski definition) is 0. The van der Waals surface area contributed by atoms with Crippen LogP contribution >= 0.6 is 0 Å². The Bertz CT molecular complexity index is 483. The molecule has 0 N–H and O–H groups in total. The topological polar surface area (TPSA) is 15.7 Å². The van der Waals surface area contributed by atoms with Gasteiger partial charge >= 0.3 is 0 Å². The first kappa shape index (κ1) is 17.8. The Kier molecular flexibility index (Phi) is 6.18. The number of piperidine rings is 2. The van der Waals surface area contributed by atoms with Crippen molar-refractivity contribution in [3.63, 3.8) is 0 Å². The lowest BCUT2D eigenvalue weighted by Crippen LogP contribution is -2.49. The minimum absolute atomic E-state index is 0.737. The normalized spacial score (nSPS) is 27.3. The third-order valence-electron chi connectivity index (χ3n) is 5.61. The third-order valence-corrected chi connectivity index (χ3v) is 5.61. The second kappa shape index (κ2) is 8.35.